The molecule has 0 aromatic heterocycles. The van der Waals surface area contributed by atoms with Crippen LogP contribution in [-0.2, 0) is 3.79 Å². The first-order valence-corrected chi connectivity index (χ1v) is 5.89. The van der Waals surface area contributed by atoms with Gasteiger partial charge in [-0.1, -0.05) is 17.5 Å². The summed E-state index contributed by atoms with van der Waals surface area (Å²) in [5.41, 5.74) is 0. The van der Waals surface area contributed by atoms with Gasteiger partial charge in [-0.3, -0.25) is 0 Å². The third-order valence-corrected chi connectivity index (χ3v) is 3.84. The minimum atomic E-state index is -0.652. The van der Waals surface area contributed by atoms with Gasteiger partial charge in [0, 0.05) is 6.10 Å². The topological polar surface area (TPSA) is 9.23 Å². The summed E-state index contributed by atoms with van der Waals surface area (Å²) in [7, 11) is 0. The fourth-order valence-corrected chi connectivity index (χ4v) is 3.10. The molecule has 0 N–H and O–H groups in total. The Kier molecular flexibility index (Phi) is 2.37. The first-order chi connectivity index (χ1) is 3.79. The van der Waals surface area contributed by atoms with E-state index in [1.54, 1.807) is 0 Å². The molecule has 0 saturated carbocycles. The Hall–Kier alpha value is 0.492. The fourth-order valence-electron chi connectivity index (χ4n) is 1.23. The van der Waals surface area contributed by atoms with Crippen molar-refractivity contribution in [2.45, 2.75) is 36.9 Å². The van der Waals surface area contributed by atoms with E-state index in [0.717, 1.165) is 0 Å². The lowest BCUT2D eigenvalue weighted by Gasteiger charge is -2.22. The van der Waals surface area contributed by atoms with E-state index in [1.807, 2.05) is 0 Å². The third kappa shape index (κ3) is 1.78. The zero-order chi connectivity index (χ0) is 5.98. The lowest BCUT2D eigenvalue weighted by Crippen LogP contribution is -2.25. The largest absolute Gasteiger partial charge is 0.499 e. The molecule has 1 aliphatic rings. The molecule has 0 amide bonds. The molecule has 1 fully saturated rings. The minimum absolute atomic E-state index is 0.574. The molecule has 2 heteroatoms. The Labute approximate surface area is 55.8 Å². The summed E-state index contributed by atoms with van der Waals surface area (Å²) in [6.45, 7) is 2.18. The van der Waals surface area contributed by atoms with Gasteiger partial charge >= 0.3 is 14.5 Å². The molecule has 0 spiro atoms. The van der Waals surface area contributed by atoms with Crippen molar-refractivity contribution < 1.29 is 3.79 Å². The predicted molar refractivity (Wildman–Crippen MR) is 36.2 cm³/mol. The molecule has 0 bridgehead atoms. The first kappa shape index (κ1) is 6.61. The van der Waals surface area contributed by atoms with Crippen molar-refractivity contribution in [3.05, 3.63) is 0 Å². The second-order valence-corrected chi connectivity index (χ2v) is 5.16. The molecule has 0 aromatic rings. The zero-order valence-corrected chi connectivity index (χ0v) is 6.84. The number of hydrogen-bond acceptors (Lipinski definition) is 1. The molecule has 1 nitrogen and oxygen atoms in total. The Morgan fingerprint density at radius 3 is 2.75 bits per heavy atom. The second-order valence-electron chi connectivity index (χ2n) is 2.69. The smallest absolute Gasteiger partial charge is 0.457 e. The Morgan fingerprint density at radius 2 is 2.38 bits per heavy atom. The van der Waals surface area contributed by atoms with Gasteiger partial charge in [-0.2, -0.15) is 0 Å². The van der Waals surface area contributed by atoms with Crippen molar-refractivity contribution in [1.29, 1.82) is 0 Å². The maximum Gasteiger partial charge on any atom is 0.457 e. The van der Waals surface area contributed by atoms with E-state index < -0.39 is 14.5 Å². The van der Waals surface area contributed by atoms with E-state index in [2.05, 4.69) is 12.7 Å². The van der Waals surface area contributed by atoms with Crippen LogP contribution in [0.1, 0.15) is 19.8 Å². The van der Waals surface area contributed by atoms with Crippen molar-refractivity contribution in [3.8, 4) is 0 Å². The number of hydrogen-bond donors (Lipinski definition) is 0. The molecular formula is C6H13AlO. The average molecular weight is 128 g/mol. The molecule has 0 aliphatic carbocycles. The van der Waals surface area contributed by atoms with E-state index in [9.17, 15) is 0 Å². The Bertz CT molecular complexity index is 66.9. The molecule has 8 heavy (non-hydrogen) atoms. The summed E-state index contributed by atoms with van der Waals surface area (Å²) in [5, 5.41) is 1.39. The highest BCUT2D eigenvalue weighted by atomic mass is 27.2. The molecular weight excluding hydrogens is 115 g/mol. The van der Waals surface area contributed by atoms with Gasteiger partial charge in [-0.25, -0.2) is 0 Å². The van der Waals surface area contributed by atoms with Crippen LogP contribution in [0.3, 0.4) is 0 Å². The van der Waals surface area contributed by atoms with Crippen LogP contribution in [0.25, 0.3) is 0 Å². The van der Waals surface area contributed by atoms with Crippen LogP contribution < -0.4 is 0 Å². The van der Waals surface area contributed by atoms with Gasteiger partial charge in [-0.15, -0.1) is 0 Å². The Balaban J connectivity index is 2.23. The molecule has 0 aromatic carbocycles. The lowest BCUT2D eigenvalue weighted by molar-refractivity contribution is 0.192. The molecule has 1 rings (SSSR count). The molecule has 1 heterocycles. The van der Waals surface area contributed by atoms with Gasteiger partial charge in [0.15, 0.2) is 0 Å². The van der Waals surface area contributed by atoms with E-state index >= 15 is 0 Å². The van der Waals surface area contributed by atoms with Crippen LogP contribution in [0.4, 0.5) is 0 Å². The van der Waals surface area contributed by atoms with Crippen molar-refractivity contribution in [2.24, 2.45) is 0 Å². The molecule has 0 radical (unpaired) electrons. The van der Waals surface area contributed by atoms with E-state index in [-0.39, 0.29) is 0 Å². The van der Waals surface area contributed by atoms with Crippen molar-refractivity contribution >= 4 is 14.5 Å². The van der Waals surface area contributed by atoms with Gasteiger partial charge in [0.2, 0.25) is 0 Å². The third-order valence-electron chi connectivity index (χ3n) is 1.69. The minimum Gasteiger partial charge on any atom is -0.499 e. The van der Waals surface area contributed by atoms with Crippen LogP contribution in [0.15, 0.2) is 0 Å². The van der Waals surface area contributed by atoms with Gasteiger partial charge < -0.3 is 3.79 Å². The zero-order valence-electron chi connectivity index (χ0n) is 5.68. The molecule has 1 aliphatic heterocycles. The lowest BCUT2D eigenvalue weighted by atomic mass is 10.2. The SMILES string of the molecule is CC1CC[CH2][Al]([CH3])[O]1. The van der Waals surface area contributed by atoms with Crippen molar-refractivity contribution in [2.75, 3.05) is 0 Å². The molecule has 46 valence electrons. The van der Waals surface area contributed by atoms with Crippen LogP contribution in [0.2, 0.25) is 11.1 Å². The van der Waals surface area contributed by atoms with Crippen LogP contribution in [-0.4, -0.2) is 20.6 Å². The summed E-state index contributed by atoms with van der Waals surface area (Å²) < 4.78 is 5.62. The highest BCUT2D eigenvalue weighted by Gasteiger charge is 2.20. The Morgan fingerprint density at radius 1 is 1.62 bits per heavy atom. The number of rotatable bonds is 0. The quantitative estimate of drug-likeness (QED) is 0.452. The van der Waals surface area contributed by atoms with Crippen LogP contribution in [0.5, 0.6) is 0 Å². The summed E-state index contributed by atoms with van der Waals surface area (Å²) in [4.78, 5) is 0. The summed E-state index contributed by atoms with van der Waals surface area (Å²) in [6.07, 6.45) is 3.27. The highest BCUT2D eigenvalue weighted by Crippen LogP contribution is 2.15. The normalized spacial score (nSPS) is 30.8. The average Bonchev–Trinajstić information content (AvgIpc) is 1.64. The summed E-state index contributed by atoms with van der Waals surface area (Å²) >= 11 is -0.652. The van der Waals surface area contributed by atoms with E-state index in [4.69, 9.17) is 3.79 Å². The molecule has 1 saturated heterocycles. The first-order valence-electron chi connectivity index (χ1n) is 3.44. The van der Waals surface area contributed by atoms with Crippen molar-refractivity contribution in [3.63, 3.8) is 0 Å². The van der Waals surface area contributed by atoms with Crippen molar-refractivity contribution in [1.82, 2.24) is 0 Å². The fraction of sp³-hybridized carbons (Fsp3) is 1.00. The monoisotopic (exact) mass is 128 g/mol. The van der Waals surface area contributed by atoms with Gasteiger partial charge in [0.1, 0.15) is 0 Å². The molecule has 1 atom stereocenters. The maximum absolute atomic E-state index is 5.62. The van der Waals surface area contributed by atoms with Crippen LogP contribution >= 0.6 is 0 Å². The van der Waals surface area contributed by atoms with E-state index in [1.165, 1.54) is 18.1 Å². The predicted octanol–water partition coefficient (Wildman–Crippen LogP) is 1.81. The molecule has 1 unspecified atom stereocenters. The highest BCUT2D eigenvalue weighted by molar-refractivity contribution is 6.50. The van der Waals surface area contributed by atoms with E-state index in [0.29, 0.717) is 6.10 Å². The standard InChI is InChI=1S/C5H10O.CH3.Al/c1-3-4-5(2)6;;/h5H,1,3-4H2,2H3;1H3;/q-1;;+1. The summed E-state index contributed by atoms with van der Waals surface area (Å²) in [5.74, 6) is 2.29. The van der Waals surface area contributed by atoms with Gasteiger partial charge in [0.05, 0.1) is 0 Å². The summed E-state index contributed by atoms with van der Waals surface area (Å²) in [6, 6.07) is 0. The second kappa shape index (κ2) is 2.87. The van der Waals surface area contributed by atoms with Gasteiger partial charge in [-0.05, 0) is 13.3 Å². The van der Waals surface area contributed by atoms with Gasteiger partial charge in [0.25, 0.3) is 0 Å². The van der Waals surface area contributed by atoms with Crippen LogP contribution in [0, 0.1) is 0 Å². The maximum atomic E-state index is 5.62.